The summed E-state index contributed by atoms with van der Waals surface area (Å²) in [7, 11) is -1.47. The molecule has 0 saturated carbocycles. The summed E-state index contributed by atoms with van der Waals surface area (Å²) >= 11 is 9.74. The molecule has 0 bridgehead atoms. The van der Waals surface area contributed by atoms with E-state index in [1.165, 1.54) is 5.56 Å². The van der Waals surface area contributed by atoms with Crippen LogP contribution in [0, 0.1) is 0 Å². The van der Waals surface area contributed by atoms with E-state index in [9.17, 15) is 8.42 Å². The van der Waals surface area contributed by atoms with Crippen molar-refractivity contribution in [3.05, 3.63) is 75.7 Å². The number of benzene rings is 3. The van der Waals surface area contributed by atoms with Gasteiger partial charge in [-0.2, -0.15) is 0 Å². The quantitative estimate of drug-likeness (QED) is 0.290. The van der Waals surface area contributed by atoms with E-state index in [1.54, 1.807) is 24.3 Å². The predicted octanol–water partition coefficient (Wildman–Crippen LogP) is 5.91. The fraction of sp³-hybridized carbons (Fsp3) is 0.357. The number of anilines is 2. The third-order valence-corrected chi connectivity index (χ3v) is 9.28. The van der Waals surface area contributed by atoms with Crippen LogP contribution in [0.5, 0.6) is 11.5 Å². The first-order valence-electron chi connectivity index (χ1n) is 12.8. The lowest BCUT2D eigenvalue weighted by molar-refractivity contribution is 0.312. The molecule has 2 N–H and O–H groups in total. The van der Waals surface area contributed by atoms with Crippen LogP contribution >= 0.6 is 27.5 Å². The number of hydrogen-bond acceptors (Lipinski definition) is 6. The van der Waals surface area contributed by atoms with E-state index in [4.69, 9.17) is 16.3 Å². The van der Waals surface area contributed by atoms with E-state index in [-0.39, 0.29) is 4.90 Å². The maximum atomic E-state index is 12.8. The van der Waals surface area contributed by atoms with Crippen LogP contribution < -0.4 is 19.7 Å². The SMILES string of the molecule is CN1CCN(c2cc(Br)cc(Oc3ccc(S(=O)(=O)NCCCC4CNc5ccc(Cl)cc54)cc3)c2)CC1. The smallest absolute Gasteiger partial charge is 0.240 e. The van der Waals surface area contributed by atoms with Gasteiger partial charge >= 0.3 is 0 Å². The minimum atomic E-state index is -3.61. The molecule has 10 heteroatoms. The first-order chi connectivity index (χ1) is 18.3. The lowest BCUT2D eigenvalue weighted by Crippen LogP contribution is -2.44. The third kappa shape index (κ3) is 6.63. The molecule has 1 atom stereocenters. The van der Waals surface area contributed by atoms with Crippen molar-refractivity contribution in [3.8, 4) is 11.5 Å². The van der Waals surface area contributed by atoms with Gasteiger partial charge in [-0.1, -0.05) is 27.5 Å². The number of nitrogens with one attached hydrogen (secondary N) is 2. The van der Waals surface area contributed by atoms with Gasteiger partial charge in [0.15, 0.2) is 0 Å². The predicted molar refractivity (Wildman–Crippen MR) is 157 cm³/mol. The Kier molecular flexibility index (Phi) is 8.50. The number of ether oxygens (including phenoxy) is 1. The van der Waals surface area contributed by atoms with E-state index < -0.39 is 10.0 Å². The third-order valence-electron chi connectivity index (χ3n) is 7.11. The molecule has 0 spiro atoms. The van der Waals surface area contributed by atoms with Crippen molar-refractivity contribution in [1.29, 1.82) is 0 Å². The van der Waals surface area contributed by atoms with Crippen molar-refractivity contribution in [2.75, 3.05) is 56.5 Å². The van der Waals surface area contributed by atoms with Crippen LogP contribution in [0.4, 0.5) is 11.4 Å². The summed E-state index contributed by atoms with van der Waals surface area (Å²) in [6.45, 7) is 5.19. The van der Waals surface area contributed by atoms with Crippen LogP contribution in [0.25, 0.3) is 0 Å². The van der Waals surface area contributed by atoms with Crippen molar-refractivity contribution in [2.24, 2.45) is 0 Å². The van der Waals surface area contributed by atoms with E-state index in [0.29, 0.717) is 24.0 Å². The fourth-order valence-electron chi connectivity index (χ4n) is 4.95. The Labute approximate surface area is 238 Å². The first-order valence-corrected chi connectivity index (χ1v) is 15.5. The number of rotatable bonds is 9. The maximum absolute atomic E-state index is 12.8. The average Bonchev–Trinajstić information content (AvgIpc) is 3.29. The molecule has 2 heterocycles. The number of sulfonamides is 1. The standard InChI is InChI=1S/C28H32BrClN4O3S/c1-33-11-13-34(14-12-33)23-15-21(29)16-25(18-23)37-24-5-7-26(8-6-24)38(35,36)32-10-2-3-20-19-31-28-9-4-22(30)17-27(20)28/h4-9,15-18,20,31-32H,2-3,10-14,19H2,1H3. The molecule has 0 aliphatic carbocycles. The zero-order valence-electron chi connectivity index (χ0n) is 21.3. The van der Waals surface area contributed by atoms with Gasteiger partial charge in [-0.3, -0.25) is 0 Å². The molecule has 7 nitrogen and oxygen atoms in total. The van der Waals surface area contributed by atoms with Gasteiger partial charge < -0.3 is 19.9 Å². The molecule has 2 aliphatic heterocycles. The normalized spacial score (nSPS) is 17.8. The van der Waals surface area contributed by atoms with Gasteiger partial charge in [0.2, 0.25) is 10.0 Å². The van der Waals surface area contributed by atoms with Crippen LogP contribution in [-0.2, 0) is 10.0 Å². The van der Waals surface area contributed by atoms with Crippen LogP contribution in [0.3, 0.4) is 0 Å². The Bertz CT molecular complexity index is 1380. The van der Waals surface area contributed by atoms with E-state index in [0.717, 1.165) is 66.4 Å². The summed E-state index contributed by atoms with van der Waals surface area (Å²) in [5.41, 5.74) is 3.42. The van der Waals surface area contributed by atoms with Gasteiger partial charge in [0, 0.05) is 72.1 Å². The molecule has 2 aliphatic rings. The molecule has 38 heavy (non-hydrogen) atoms. The molecular formula is C28H32BrClN4O3S. The van der Waals surface area contributed by atoms with Gasteiger partial charge in [-0.05, 0) is 80.1 Å². The minimum absolute atomic E-state index is 0.219. The highest BCUT2D eigenvalue weighted by Crippen LogP contribution is 2.36. The molecule has 0 aromatic heterocycles. The van der Waals surface area contributed by atoms with Gasteiger partial charge in [0.25, 0.3) is 0 Å². The summed E-state index contributed by atoms with van der Waals surface area (Å²) < 4.78 is 35.4. The van der Waals surface area contributed by atoms with Gasteiger partial charge in [0.05, 0.1) is 4.90 Å². The second kappa shape index (κ2) is 11.8. The second-order valence-corrected chi connectivity index (χ2v) is 13.0. The molecule has 5 rings (SSSR count). The zero-order chi connectivity index (χ0) is 26.7. The monoisotopic (exact) mass is 618 g/mol. The van der Waals surface area contributed by atoms with E-state index in [1.807, 2.05) is 30.3 Å². The highest BCUT2D eigenvalue weighted by Gasteiger charge is 2.22. The number of hydrogen-bond donors (Lipinski definition) is 2. The minimum Gasteiger partial charge on any atom is -0.457 e. The molecule has 202 valence electrons. The van der Waals surface area contributed by atoms with Gasteiger partial charge in [-0.25, -0.2) is 13.1 Å². The van der Waals surface area contributed by atoms with Crippen LogP contribution in [0.1, 0.15) is 24.3 Å². The van der Waals surface area contributed by atoms with Crippen LogP contribution in [0.2, 0.25) is 5.02 Å². The van der Waals surface area contributed by atoms with Crippen molar-refractivity contribution in [3.63, 3.8) is 0 Å². The van der Waals surface area contributed by atoms with Crippen LogP contribution in [0.15, 0.2) is 70.0 Å². The largest absolute Gasteiger partial charge is 0.457 e. The second-order valence-electron chi connectivity index (χ2n) is 9.86. The Balaban J connectivity index is 1.15. The van der Waals surface area contributed by atoms with E-state index >= 15 is 0 Å². The molecule has 3 aromatic carbocycles. The molecule has 0 radical (unpaired) electrons. The summed E-state index contributed by atoms with van der Waals surface area (Å²) in [5.74, 6) is 1.61. The molecular weight excluding hydrogens is 588 g/mol. The molecule has 1 unspecified atom stereocenters. The Morgan fingerprint density at radius 3 is 2.55 bits per heavy atom. The number of halogens is 2. The maximum Gasteiger partial charge on any atom is 0.240 e. The Hall–Kier alpha value is -2.30. The van der Waals surface area contributed by atoms with Gasteiger partial charge in [-0.15, -0.1) is 0 Å². The summed E-state index contributed by atoms with van der Waals surface area (Å²) in [4.78, 5) is 4.88. The molecule has 1 saturated heterocycles. The summed E-state index contributed by atoms with van der Waals surface area (Å²) in [5, 5.41) is 4.11. The topological polar surface area (TPSA) is 73.9 Å². The van der Waals surface area contributed by atoms with Crippen molar-refractivity contribution < 1.29 is 13.2 Å². The molecule has 1 fully saturated rings. The highest BCUT2D eigenvalue weighted by atomic mass is 79.9. The molecule has 0 amide bonds. The first kappa shape index (κ1) is 27.3. The lowest BCUT2D eigenvalue weighted by Gasteiger charge is -2.34. The van der Waals surface area contributed by atoms with Crippen molar-refractivity contribution in [1.82, 2.24) is 9.62 Å². The number of piperazine rings is 1. The van der Waals surface area contributed by atoms with Gasteiger partial charge in [0.1, 0.15) is 11.5 Å². The fourth-order valence-corrected chi connectivity index (χ4v) is 6.66. The zero-order valence-corrected chi connectivity index (χ0v) is 24.4. The number of likely N-dealkylation sites (N-methyl/N-ethyl adjacent to an activating group) is 1. The summed E-state index contributed by atoms with van der Waals surface area (Å²) in [6.07, 6.45) is 1.61. The number of fused-ring (bicyclic) bond motifs is 1. The Morgan fingerprint density at radius 1 is 1.03 bits per heavy atom. The highest BCUT2D eigenvalue weighted by molar-refractivity contribution is 9.10. The lowest BCUT2D eigenvalue weighted by atomic mass is 9.96. The van der Waals surface area contributed by atoms with Crippen molar-refractivity contribution >= 4 is 48.9 Å². The van der Waals surface area contributed by atoms with Crippen LogP contribution in [-0.4, -0.2) is 59.6 Å². The molecule has 3 aromatic rings. The summed E-state index contributed by atoms with van der Waals surface area (Å²) in [6, 6.07) is 18.4. The van der Waals surface area contributed by atoms with Crippen molar-refractivity contribution in [2.45, 2.75) is 23.7 Å². The Morgan fingerprint density at radius 2 is 1.79 bits per heavy atom. The number of nitrogens with zero attached hydrogens (tertiary/aromatic N) is 2. The average molecular weight is 620 g/mol. The van der Waals surface area contributed by atoms with E-state index in [2.05, 4.69) is 48.9 Å².